The van der Waals surface area contributed by atoms with E-state index in [1.54, 1.807) is 6.92 Å². The van der Waals surface area contributed by atoms with Crippen LogP contribution in [0.1, 0.15) is 18.4 Å². The van der Waals surface area contributed by atoms with Crippen LogP contribution in [0.2, 0.25) is 0 Å². The monoisotopic (exact) mass is 339 g/mol. The standard InChI is InChI=1S/C13H16F3NO4S/c1-9-2-5-11(6-3-9)22(20,21)17-8-10(13(14,15)16)4-7-12(18)19/h2-3,5-6,10,17H,4,7-8H2,1H3,(H,18,19)/t10-/m1/s1. The average Bonchev–Trinajstić information content (AvgIpc) is 2.37. The van der Waals surface area contributed by atoms with Gasteiger partial charge in [0.15, 0.2) is 0 Å². The largest absolute Gasteiger partial charge is 0.481 e. The van der Waals surface area contributed by atoms with Crippen molar-refractivity contribution < 1.29 is 31.5 Å². The molecular weight excluding hydrogens is 323 g/mol. The van der Waals surface area contributed by atoms with Crippen LogP contribution in [0.4, 0.5) is 13.2 Å². The fourth-order valence-corrected chi connectivity index (χ4v) is 2.77. The van der Waals surface area contributed by atoms with Gasteiger partial charge in [-0.05, 0) is 25.5 Å². The molecule has 0 amide bonds. The summed E-state index contributed by atoms with van der Waals surface area (Å²) in [4.78, 5) is 10.2. The van der Waals surface area contributed by atoms with Crippen molar-refractivity contribution in [2.75, 3.05) is 6.54 Å². The molecule has 0 saturated carbocycles. The summed E-state index contributed by atoms with van der Waals surface area (Å²) in [6.07, 6.45) is -6.04. The van der Waals surface area contributed by atoms with E-state index in [4.69, 9.17) is 5.11 Å². The van der Waals surface area contributed by atoms with Crippen LogP contribution in [0.3, 0.4) is 0 Å². The average molecular weight is 339 g/mol. The Morgan fingerprint density at radius 3 is 2.27 bits per heavy atom. The van der Waals surface area contributed by atoms with Crippen LogP contribution in [-0.4, -0.2) is 32.2 Å². The molecule has 0 spiro atoms. The van der Waals surface area contributed by atoms with Gasteiger partial charge in [0.25, 0.3) is 0 Å². The first-order valence-electron chi connectivity index (χ1n) is 6.37. The number of nitrogens with one attached hydrogen (secondary N) is 1. The molecule has 2 N–H and O–H groups in total. The minimum absolute atomic E-state index is 0.141. The quantitative estimate of drug-likeness (QED) is 0.798. The second-order valence-electron chi connectivity index (χ2n) is 4.84. The van der Waals surface area contributed by atoms with E-state index in [-0.39, 0.29) is 4.90 Å². The van der Waals surface area contributed by atoms with Crippen LogP contribution >= 0.6 is 0 Å². The lowest BCUT2D eigenvalue weighted by atomic mass is 10.0. The van der Waals surface area contributed by atoms with Crippen molar-refractivity contribution >= 4 is 16.0 Å². The van der Waals surface area contributed by atoms with Gasteiger partial charge in [0.05, 0.1) is 10.8 Å². The number of sulfonamides is 1. The van der Waals surface area contributed by atoms with E-state index in [0.29, 0.717) is 0 Å². The third-order valence-electron chi connectivity index (χ3n) is 3.02. The molecule has 1 aromatic carbocycles. The number of aliphatic carboxylic acids is 1. The molecule has 0 radical (unpaired) electrons. The van der Waals surface area contributed by atoms with Crippen molar-refractivity contribution in [3.8, 4) is 0 Å². The first-order valence-corrected chi connectivity index (χ1v) is 7.85. The molecule has 0 aliphatic rings. The Labute approximate surface area is 126 Å². The van der Waals surface area contributed by atoms with Gasteiger partial charge in [-0.15, -0.1) is 0 Å². The summed E-state index contributed by atoms with van der Waals surface area (Å²) in [5, 5.41) is 8.45. The van der Waals surface area contributed by atoms with Gasteiger partial charge in [-0.3, -0.25) is 4.79 Å². The fourth-order valence-electron chi connectivity index (χ4n) is 1.69. The number of hydrogen-bond acceptors (Lipinski definition) is 3. The Kier molecular flexibility index (Phi) is 5.95. The summed E-state index contributed by atoms with van der Waals surface area (Å²) in [5.74, 6) is -3.42. The number of hydrogen-bond donors (Lipinski definition) is 2. The molecule has 0 aromatic heterocycles. The predicted octanol–water partition coefficient (Wildman–Crippen LogP) is 2.32. The molecular formula is C13H16F3NO4S. The molecule has 0 fully saturated rings. The van der Waals surface area contributed by atoms with Gasteiger partial charge in [0.2, 0.25) is 10.0 Å². The zero-order valence-electron chi connectivity index (χ0n) is 11.7. The maximum atomic E-state index is 12.8. The third-order valence-corrected chi connectivity index (χ3v) is 4.46. The maximum Gasteiger partial charge on any atom is 0.393 e. The minimum Gasteiger partial charge on any atom is -0.481 e. The van der Waals surface area contributed by atoms with E-state index < -0.39 is 47.5 Å². The summed E-state index contributed by atoms with van der Waals surface area (Å²) < 4.78 is 64.0. The van der Waals surface area contributed by atoms with Crippen LogP contribution in [0.5, 0.6) is 0 Å². The van der Waals surface area contributed by atoms with Crippen molar-refractivity contribution in [1.82, 2.24) is 4.72 Å². The van der Waals surface area contributed by atoms with Crippen LogP contribution in [0, 0.1) is 12.8 Å². The maximum absolute atomic E-state index is 12.8. The van der Waals surface area contributed by atoms with Gasteiger partial charge in [-0.1, -0.05) is 17.7 Å². The molecule has 124 valence electrons. The lowest BCUT2D eigenvalue weighted by Gasteiger charge is -2.20. The zero-order chi connectivity index (χ0) is 17.0. The fraction of sp³-hybridized carbons (Fsp3) is 0.462. The number of carbonyl (C=O) groups is 1. The molecule has 22 heavy (non-hydrogen) atoms. The highest BCUT2D eigenvalue weighted by atomic mass is 32.2. The molecule has 5 nitrogen and oxygen atoms in total. The Hall–Kier alpha value is -1.61. The van der Waals surface area contributed by atoms with Gasteiger partial charge in [0.1, 0.15) is 0 Å². The number of rotatable bonds is 7. The molecule has 0 unspecified atom stereocenters. The van der Waals surface area contributed by atoms with E-state index in [0.717, 1.165) is 5.56 Å². The van der Waals surface area contributed by atoms with Gasteiger partial charge in [0, 0.05) is 13.0 Å². The summed E-state index contributed by atoms with van der Waals surface area (Å²) in [5.41, 5.74) is 0.813. The number of carboxylic acids is 1. The highest BCUT2D eigenvalue weighted by molar-refractivity contribution is 7.89. The van der Waals surface area contributed by atoms with Crippen molar-refractivity contribution in [2.24, 2.45) is 5.92 Å². The van der Waals surface area contributed by atoms with E-state index in [9.17, 15) is 26.4 Å². The van der Waals surface area contributed by atoms with Crippen molar-refractivity contribution in [3.05, 3.63) is 29.8 Å². The summed E-state index contributed by atoms with van der Waals surface area (Å²) in [6.45, 7) is 0.850. The molecule has 0 bridgehead atoms. The molecule has 0 aliphatic heterocycles. The third kappa shape index (κ3) is 5.64. The second-order valence-corrected chi connectivity index (χ2v) is 6.60. The van der Waals surface area contributed by atoms with Gasteiger partial charge in [-0.25, -0.2) is 13.1 Å². The van der Waals surface area contributed by atoms with Crippen molar-refractivity contribution in [2.45, 2.75) is 30.8 Å². The summed E-state index contributed by atoms with van der Waals surface area (Å²) >= 11 is 0. The molecule has 9 heteroatoms. The van der Waals surface area contributed by atoms with Crippen molar-refractivity contribution in [1.29, 1.82) is 0 Å². The Bertz CT molecular complexity index is 611. The molecule has 0 aliphatic carbocycles. The summed E-state index contributed by atoms with van der Waals surface area (Å²) in [7, 11) is -4.07. The van der Waals surface area contributed by atoms with Crippen LogP contribution in [0.25, 0.3) is 0 Å². The molecule has 0 heterocycles. The minimum atomic E-state index is -4.68. The number of halogens is 3. The van der Waals surface area contributed by atoms with E-state index >= 15 is 0 Å². The van der Waals surface area contributed by atoms with Crippen molar-refractivity contribution in [3.63, 3.8) is 0 Å². The van der Waals surface area contributed by atoms with Crippen LogP contribution in [-0.2, 0) is 14.8 Å². The van der Waals surface area contributed by atoms with Gasteiger partial charge < -0.3 is 5.11 Å². The van der Waals surface area contributed by atoms with E-state index in [1.165, 1.54) is 24.3 Å². The Morgan fingerprint density at radius 1 is 1.27 bits per heavy atom. The first-order chi connectivity index (χ1) is 10.0. The number of carboxylic acid groups (broad SMARTS) is 1. The molecule has 1 atom stereocenters. The van der Waals surface area contributed by atoms with Gasteiger partial charge in [-0.2, -0.15) is 13.2 Å². The second kappa shape index (κ2) is 7.10. The highest BCUT2D eigenvalue weighted by Crippen LogP contribution is 2.29. The number of alkyl halides is 3. The highest BCUT2D eigenvalue weighted by Gasteiger charge is 2.40. The molecule has 1 aromatic rings. The lowest BCUT2D eigenvalue weighted by molar-refractivity contribution is -0.175. The lowest BCUT2D eigenvalue weighted by Crippen LogP contribution is -2.36. The smallest absolute Gasteiger partial charge is 0.393 e. The van der Waals surface area contributed by atoms with Crippen LogP contribution in [0.15, 0.2) is 29.2 Å². The molecule has 1 rings (SSSR count). The normalized spacial score (nSPS) is 13.8. The SMILES string of the molecule is Cc1ccc(S(=O)(=O)NC[C@@H](CCC(=O)O)C(F)(F)F)cc1. The zero-order valence-corrected chi connectivity index (χ0v) is 12.5. The predicted molar refractivity (Wildman–Crippen MR) is 72.8 cm³/mol. The summed E-state index contributed by atoms with van der Waals surface area (Å²) in [6, 6.07) is 5.63. The van der Waals surface area contributed by atoms with E-state index in [2.05, 4.69) is 0 Å². The van der Waals surface area contributed by atoms with E-state index in [1.807, 2.05) is 4.72 Å². The Balaban J connectivity index is 2.78. The first kappa shape index (κ1) is 18.4. The topological polar surface area (TPSA) is 83.5 Å². The number of aryl methyl sites for hydroxylation is 1. The number of benzene rings is 1. The molecule has 0 saturated heterocycles. The van der Waals surface area contributed by atoms with Gasteiger partial charge >= 0.3 is 12.1 Å². The Morgan fingerprint density at radius 2 is 1.82 bits per heavy atom. The van der Waals surface area contributed by atoms with Crippen LogP contribution < -0.4 is 4.72 Å².